The fourth-order valence-electron chi connectivity index (χ4n) is 3.03. The van der Waals surface area contributed by atoms with Crippen LogP contribution < -0.4 is 4.90 Å². The van der Waals surface area contributed by atoms with Crippen molar-refractivity contribution in [3.63, 3.8) is 0 Å². The zero-order valence-corrected chi connectivity index (χ0v) is 17.0. The van der Waals surface area contributed by atoms with Gasteiger partial charge in [0.2, 0.25) is 0 Å². The van der Waals surface area contributed by atoms with Gasteiger partial charge in [0, 0.05) is 44.4 Å². The van der Waals surface area contributed by atoms with Gasteiger partial charge in [0.05, 0.1) is 13.2 Å². The minimum Gasteiger partial charge on any atom is -0.444 e. The monoisotopic (exact) mass is 386 g/mol. The van der Waals surface area contributed by atoms with E-state index >= 15 is 0 Å². The number of amides is 1. The Labute approximate surface area is 166 Å². The number of aromatic amines is 1. The third-order valence-electron chi connectivity index (χ3n) is 4.50. The molecule has 1 saturated heterocycles. The average Bonchev–Trinajstić information content (AvgIpc) is 3.14. The highest BCUT2D eigenvalue weighted by Crippen LogP contribution is 2.17. The molecule has 0 aliphatic carbocycles. The zero-order valence-electron chi connectivity index (χ0n) is 17.0. The second-order valence-corrected chi connectivity index (χ2v) is 7.99. The lowest BCUT2D eigenvalue weighted by atomic mass is 10.2. The number of anilines is 1. The molecule has 0 unspecified atom stereocenters. The van der Waals surface area contributed by atoms with Crippen LogP contribution in [0.3, 0.4) is 0 Å². The Bertz CT molecular complexity index is 747. The third-order valence-corrected chi connectivity index (χ3v) is 4.50. The molecule has 1 N–H and O–H groups in total. The molecule has 1 aliphatic rings. The number of benzene rings is 1. The van der Waals surface area contributed by atoms with Gasteiger partial charge in [-0.3, -0.25) is 5.10 Å². The molecule has 0 bridgehead atoms. The SMILES string of the molecule is CC(C)(C)OC(=O)N1CCN(c2cc(CCOCc3ccccc3)[nH]n2)CC1. The molecule has 1 aromatic heterocycles. The molecule has 152 valence electrons. The molecule has 1 fully saturated rings. The van der Waals surface area contributed by atoms with E-state index in [0.717, 1.165) is 31.0 Å². The number of hydrogen-bond acceptors (Lipinski definition) is 5. The molecule has 28 heavy (non-hydrogen) atoms. The first-order valence-electron chi connectivity index (χ1n) is 9.79. The van der Waals surface area contributed by atoms with Crippen LogP contribution in [0.25, 0.3) is 0 Å². The normalized spacial score (nSPS) is 15.0. The molecule has 7 nitrogen and oxygen atoms in total. The van der Waals surface area contributed by atoms with Crippen LogP contribution in [0.4, 0.5) is 10.6 Å². The van der Waals surface area contributed by atoms with Gasteiger partial charge in [0.25, 0.3) is 0 Å². The van der Waals surface area contributed by atoms with Gasteiger partial charge < -0.3 is 19.3 Å². The van der Waals surface area contributed by atoms with Gasteiger partial charge in [0.1, 0.15) is 5.60 Å². The lowest BCUT2D eigenvalue weighted by molar-refractivity contribution is 0.0240. The zero-order chi connectivity index (χ0) is 20.0. The predicted molar refractivity (Wildman–Crippen MR) is 108 cm³/mol. The maximum Gasteiger partial charge on any atom is 0.410 e. The molecule has 0 spiro atoms. The number of nitrogens with one attached hydrogen (secondary N) is 1. The van der Waals surface area contributed by atoms with E-state index in [-0.39, 0.29) is 6.09 Å². The van der Waals surface area contributed by atoms with Crippen molar-refractivity contribution >= 4 is 11.9 Å². The van der Waals surface area contributed by atoms with Crippen molar-refractivity contribution in [3.05, 3.63) is 47.7 Å². The van der Waals surface area contributed by atoms with Crippen LogP contribution in [0.2, 0.25) is 0 Å². The molecule has 2 aromatic rings. The van der Waals surface area contributed by atoms with Crippen molar-refractivity contribution in [1.29, 1.82) is 0 Å². The Morgan fingerprint density at radius 3 is 2.54 bits per heavy atom. The number of nitrogens with zero attached hydrogens (tertiary/aromatic N) is 3. The average molecular weight is 386 g/mol. The topological polar surface area (TPSA) is 70.7 Å². The number of carbonyl (C=O) groups is 1. The van der Waals surface area contributed by atoms with E-state index in [9.17, 15) is 4.79 Å². The molecular formula is C21H30N4O3. The molecule has 0 radical (unpaired) electrons. The van der Waals surface area contributed by atoms with Crippen molar-refractivity contribution in [2.75, 3.05) is 37.7 Å². The molecule has 1 amide bonds. The minimum absolute atomic E-state index is 0.245. The molecule has 1 aliphatic heterocycles. The quantitative estimate of drug-likeness (QED) is 0.772. The molecule has 0 saturated carbocycles. The Hall–Kier alpha value is -2.54. The number of H-pyrrole nitrogens is 1. The number of hydrogen-bond donors (Lipinski definition) is 1. The van der Waals surface area contributed by atoms with Crippen LogP contribution in [0.15, 0.2) is 36.4 Å². The highest BCUT2D eigenvalue weighted by atomic mass is 16.6. The van der Waals surface area contributed by atoms with E-state index in [1.54, 1.807) is 4.90 Å². The maximum atomic E-state index is 12.2. The van der Waals surface area contributed by atoms with Gasteiger partial charge in [-0.1, -0.05) is 30.3 Å². The summed E-state index contributed by atoms with van der Waals surface area (Å²) in [6.45, 7) is 9.68. The van der Waals surface area contributed by atoms with Crippen molar-refractivity contribution in [2.45, 2.75) is 39.4 Å². The number of rotatable bonds is 6. The Kier molecular flexibility index (Phi) is 6.57. The molecule has 2 heterocycles. The molecule has 3 rings (SSSR count). The van der Waals surface area contributed by atoms with Gasteiger partial charge in [0.15, 0.2) is 5.82 Å². The summed E-state index contributed by atoms with van der Waals surface area (Å²) in [4.78, 5) is 16.1. The van der Waals surface area contributed by atoms with Crippen LogP contribution in [-0.2, 0) is 22.5 Å². The van der Waals surface area contributed by atoms with Gasteiger partial charge in [-0.2, -0.15) is 5.10 Å². The fraction of sp³-hybridized carbons (Fsp3) is 0.524. The van der Waals surface area contributed by atoms with Crippen molar-refractivity contribution < 1.29 is 14.3 Å². The summed E-state index contributed by atoms with van der Waals surface area (Å²) in [6.07, 6.45) is 0.544. The van der Waals surface area contributed by atoms with Gasteiger partial charge in [-0.25, -0.2) is 4.79 Å². The van der Waals surface area contributed by atoms with Crippen molar-refractivity contribution in [1.82, 2.24) is 15.1 Å². The van der Waals surface area contributed by atoms with Crippen molar-refractivity contribution in [2.24, 2.45) is 0 Å². The van der Waals surface area contributed by atoms with Crippen molar-refractivity contribution in [3.8, 4) is 0 Å². The lowest BCUT2D eigenvalue weighted by Crippen LogP contribution is -2.50. The number of aromatic nitrogens is 2. The van der Waals surface area contributed by atoms with Gasteiger partial charge in [-0.15, -0.1) is 0 Å². The molecule has 7 heteroatoms. The summed E-state index contributed by atoms with van der Waals surface area (Å²) in [6, 6.07) is 12.2. The summed E-state index contributed by atoms with van der Waals surface area (Å²) in [5.41, 5.74) is 1.77. The third kappa shape index (κ3) is 5.99. The first kappa shape index (κ1) is 20.2. The summed E-state index contributed by atoms with van der Waals surface area (Å²) in [7, 11) is 0. The summed E-state index contributed by atoms with van der Waals surface area (Å²) >= 11 is 0. The van der Waals surface area contributed by atoms with Crippen LogP contribution in [0.5, 0.6) is 0 Å². The smallest absolute Gasteiger partial charge is 0.410 e. The molecular weight excluding hydrogens is 356 g/mol. The van der Waals surface area contributed by atoms with Crippen LogP contribution in [0, 0.1) is 0 Å². The summed E-state index contributed by atoms with van der Waals surface area (Å²) in [5.74, 6) is 0.918. The van der Waals surface area contributed by atoms with E-state index in [4.69, 9.17) is 9.47 Å². The summed E-state index contributed by atoms with van der Waals surface area (Å²) < 4.78 is 11.2. The number of ether oxygens (including phenoxy) is 2. The predicted octanol–water partition coefficient (Wildman–Crippen LogP) is 3.23. The minimum atomic E-state index is -0.464. The van der Waals surface area contributed by atoms with Crippen LogP contribution in [-0.4, -0.2) is 59.6 Å². The van der Waals surface area contributed by atoms with E-state index in [1.807, 2.05) is 39.0 Å². The van der Waals surface area contributed by atoms with Crippen LogP contribution in [0.1, 0.15) is 32.0 Å². The second kappa shape index (κ2) is 9.10. The van der Waals surface area contributed by atoms with E-state index in [0.29, 0.717) is 26.3 Å². The molecule has 1 aromatic carbocycles. The summed E-state index contributed by atoms with van der Waals surface area (Å²) in [5, 5.41) is 7.51. The highest BCUT2D eigenvalue weighted by Gasteiger charge is 2.26. The van der Waals surface area contributed by atoms with E-state index in [1.165, 1.54) is 5.56 Å². The lowest BCUT2D eigenvalue weighted by Gasteiger charge is -2.35. The first-order valence-corrected chi connectivity index (χ1v) is 9.79. The van der Waals surface area contributed by atoms with E-state index < -0.39 is 5.60 Å². The maximum absolute atomic E-state index is 12.2. The standard InChI is InChI=1S/C21H30N4O3/c1-21(2,3)28-20(26)25-12-10-24(11-13-25)19-15-18(22-23-19)9-14-27-16-17-7-5-4-6-8-17/h4-8,15H,9-14,16H2,1-3H3,(H,22,23). The van der Waals surface area contributed by atoms with E-state index in [2.05, 4.69) is 33.3 Å². The Morgan fingerprint density at radius 2 is 1.86 bits per heavy atom. The van der Waals surface area contributed by atoms with Gasteiger partial charge >= 0.3 is 6.09 Å². The first-order chi connectivity index (χ1) is 13.4. The Morgan fingerprint density at radius 1 is 1.14 bits per heavy atom. The van der Waals surface area contributed by atoms with Crippen LogP contribution >= 0.6 is 0 Å². The second-order valence-electron chi connectivity index (χ2n) is 7.99. The fourth-order valence-corrected chi connectivity index (χ4v) is 3.03. The highest BCUT2D eigenvalue weighted by molar-refractivity contribution is 5.68. The Balaban J connectivity index is 1.40. The largest absolute Gasteiger partial charge is 0.444 e. The molecule has 0 atom stereocenters. The number of piperazine rings is 1. The number of carbonyl (C=O) groups excluding carboxylic acids is 1. The van der Waals surface area contributed by atoms with Gasteiger partial charge in [-0.05, 0) is 26.3 Å².